The first-order valence-electron chi connectivity index (χ1n) is 8.03. The average Bonchev–Trinajstić information content (AvgIpc) is 3.15. The van der Waals surface area contributed by atoms with Gasteiger partial charge in [-0.3, -0.25) is 9.69 Å². The lowest BCUT2D eigenvalue weighted by Crippen LogP contribution is -2.38. The third-order valence-corrected chi connectivity index (χ3v) is 5.10. The van der Waals surface area contributed by atoms with Crippen LogP contribution in [0.2, 0.25) is 0 Å². The number of amides is 1. The van der Waals surface area contributed by atoms with E-state index >= 15 is 0 Å². The fraction of sp³-hybridized carbons (Fsp3) is 0.562. The first kappa shape index (κ1) is 16.1. The van der Waals surface area contributed by atoms with Crippen LogP contribution < -0.4 is 0 Å². The molecular weight excluding hydrogens is 310 g/mol. The molecule has 1 amide bonds. The van der Waals surface area contributed by atoms with Crippen molar-refractivity contribution in [3.8, 4) is 0 Å². The molecule has 1 fully saturated rings. The molecule has 0 aromatic carbocycles. The summed E-state index contributed by atoms with van der Waals surface area (Å²) in [5.74, 6) is 0.175. The molecule has 0 N–H and O–H groups in total. The number of carbonyl (C=O) groups is 1. The van der Waals surface area contributed by atoms with Crippen LogP contribution in [0.4, 0.5) is 0 Å². The van der Waals surface area contributed by atoms with Crippen molar-refractivity contribution in [1.29, 1.82) is 0 Å². The number of nitrogens with zero attached hydrogens (tertiary/aromatic N) is 5. The maximum atomic E-state index is 12.7. The molecule has 6 nitrogen and oxygen atoms in total. The van der Waals surface area contributed by atoms with Gasteiger partial charge < -0.3 is 9.47 Å². The maximum Gasteiger partial charge on any atom is 0.245 e. The van der Waals surface area contributed by atoms with Crippen molar-refractivity contribution in [2.24, 2.45) is 0 Å². The van der Waals surface area contributed by atoms with Gasteiger partial charge >= 0.3 is 0 Å². The second kappa shape index (κ2) is 7.23. The van der Waals surface area contributed by atoms with Gasteiger partial charge in [0, 0.05) is 50.5 Å². The van der Waals surface area contributed by atoms with Gasteiger partial charge in [0.1, 0.15) is 6.04 Å². The largest absolute Gasteiger partial charge is 0.340 e. The van der Waals surface area contributed by atoms with Gasteiger partial charge in [0.25, 0.3) is 0 Å². The van der Waals surface area contributed by atoms with Crippen LogP contribution in [0.5, 0.6) is 0 Å². The molecule has 0 unspecified atom stereocenters. The molecule has 7 heteroatoms. The molecular formula is C16H23N5OS. The molecule has 3 rings (SSSR count). The minimum atomic E-state index is -0.190. The Kier molecular flexibility index (Phi) is 5.07. The molecule has 2 aromatic heterocycles. The van der Waals surface area contributed by atoms with E-state index in [1.165, 1.54) is 0 Å². The summed E-state index contributed by atoms with van der Waals surface area (Å²) in [5.41, 5.74) is 1.14. The lowest BCUT2D eigenvalue weighted by molar-refractivity contribution is -0.134. The van der Waals surface area contributed by atoms with E-state index in [4.69, 9.17) is 0 Å². The Morgan fingerprint density at radius 2 is 2.22 bits per heavy atom. The summed E-state index contributed by atoms with van der Waals surface area (Å²) in [7, 11) is 0. The van der Waals surface area contributed by atoms with Crippen LogP contribution in [0.3, 0.4) is 0 Å². The van der Waals surface area contributed by atoms with Crippen molar-refractivity contribution in [3.05, 3.63) is 34.8 Å². The van der Waals surface area contributed by atoms with Crippen molar-refractivity contribution in [2.75, 3.05) is 26.2 Å². The van der Waals surface area contributed by atoms with Crippen LogP contribution in [0.15, 0.2) is 24.1 Å². The Hall–Kier alpha value is -1.73. The maximum absolute atomic E-state index is 12.7. The summed E-state index contributed by atoms with van der Waals surface area (Å²) in [6.07, 6.45) is 6.27. The molecule has 3 heterocycles. The molecule has 23 heavy (non-hydrogen) atoms. The highest BCUT2D eigenvalue weighted by molar-refractivity contribution is 7.09. The zero-order valence-electron chi connectivity index (χ0n) is 13.7. The Bertz CT molecular complexity index is 639. The number of aryl methyl sites for hydroxylation is 1. The molecule has 0 spiro atoms. The summed E-state index contributed by atoms with van der Waals surface area (Å²) < 4.78 is 1.86. The predicted molar refractivity (Wildman–Crippen MR) is 90.3 cm³/mol. The van der Waals surface area contributed by atoms with E-state index in [0.717, 1.165) is 49.8 Å². The predicted octanol–water partition coefficient (Wildman–Crippen LogP) is 1.94. The van der Waals surface area contributed by atoms with Crippen LogP contribution in [0.1, 0.15) is 30.1 Å². The van der Waals surface area contributed by atoms with Crippen LogP contribution in [-0.4, -0.2) is 56.4 Å². The van der Waals surface area contributed by atoms with Crippen molar-refractivity contribution in [1.82, 2.24) is 24.3 Å². The van der Waals surface area contributed by atoms with E-state index in [1.807, 2.05) is 29.5 Å². The smallest absolute Gasteiger partial charge is 0.245 e. The fourth-order valence-corrected chi connectivity index (χ4v) is 3.55. The van der Waals surface area contributed by atoms with Crippen LogP contribution >= 0.6 is 11.3 Å². The van der Waals surface area contributed by atoms with Gasteiger partial charge in [0.2, 0.25) is 5.91 Å². The standard InChI is InChI=1S/C16H23N5OS/c1-13(21-7-4-17-12-21)16(22)20-6-3-5-19(8-9-20)10-15-11-23-14(2)18-15/h4,7,11-13H,3,5-6,8-10H2,1-2H3/t13-/m1/s1. The van der Waals surface area contributed by atoms with E-state index in [0.29, 0.717) is 0 Å². The Balaban J connectivity index is 1.56. The number of thiazole rings is 1. The topological polar surface area (TPSA) is 54.3 Å². The Morgan fingerprint density at radius 3 is 2.91 bits per heavy atom. The van der Waals surface area contributed by atoms with E-state index in [1.54, 1.807) is 23.9 Å². The van der Waals surface area contributed by atoms with Gasteiger partial charge in [0.05, 0.1) is 17.0 Å². The van der Waals surface area contributed by atoms with Crippen molar-refractivity contribution in [2.45, 2.75) is 32.9 Å². The van der Waals surface area contributed by atoms with Gasteiger partial charge in [-0.25, -0.2) is 9.97 Å². The van der Waals surface area contributed by atoms with Gasteiger partial charge in [0.15, 0.2) is 0 Å². The zero-order valence-corrected chi connectivity index (χ0v) is 14.5. The summed E-state index contributed by atoms with van der Waals surface area (Å²) in [5, 5.41) is 3.24. The molecule has 1 aliphatic rings. The second-order valence-electron chi connectivity index (χ2n) is 6.00. The molecule has 1 aliphatic heterocycles. The van der Waals surface area contributed by atoms with Crippen molar-refractivity contribution >= 4 is 17.2 Å². The van der Waals surface area contributed by atoms with Gasteiger partial charge in [-0.1, -0.05) is 0 Å². The molecule has 124 valence electrons. The lowest BCUT2D eigenvalue weighted by atomic mass is 10.2. The molecule has 0 radical (unpaired) electrons. The fourth-order valence-electron chi connectivity index (χ4n) is 2.95. The zero-order chi connectivity index (χ0) is 16.2. The SMILES string of the molecule is Cc1nc(CN2CCCN(C(=O)[C@@H](C)n3ccnc3)CC2)cs1. The van der Waals surface area contributed by atoms with Gasteiger partial charge in [-0.15, -0.1) is 11.3 Å². The number of imidazole rings is 1. The number of carbonyl (C=O) groups excluding carboxylic acids is 1. The quantitative estimate of drug-likeness (QED) is 0.858. The van der Waals surface area contributed by atoms with Crippen LogP contribution in [0.25, 0.3) is 0 Å². The second-order valence-corrected chi connectivity index (χ2v) is 7.06. The average molecular weight is 333 g/mol. The first-order chi connectivity index (χ1) is 11.1. The lowest BCUT2D eigenvalue weighted by Gasteiger charge is -2.25. The minimum Gasteiger partial charge on any atom is -0.340 e. The Labute approximate surface area is 140 Å². The van der Waals surface area contributed by atoms with Gasteiger partial charge in [-0.2, -0.15) is 0 Å². The highest BCUT2D eigenvalue weighted by Gasteiger charge is 2.24. The number of hydrogen-bond donors (Lipinski definition) is 0. The van der Waals surface area contributed by atoms with Crippen LogP contribution in [0, 0.1) is 6.92 Å². The molecule has 1 atom stereocenters. The number of rotatable bonds is 4. The van der Waals surface area contributed by atoms with Gasteiger partial charge in [-0.05, 0) is 20.3 Å². The van der Waals surface area contributed by atoms with Crippen LogP contribution in [-0.2, 0) is 11.3 Å². The highest BCUT2D eigenvalue weighted by atomic mass is 32.1. The third kappa shape index (κ3) is 3.97. The summed E-state index contributed by atoms with van der Waals surface area (Å²) >= 11 is 1.70. The number of aromatic nitrogens is 3. The first-order valence-corrected chi connectivity index (χ1v) is 8.91. The summed E-state index contributed by atoms with van der Waals surface area (Å²) in [4.78, 5) is 25.6. The van der Waals surface area contributed by atoms with E-state index in [2.05, 4.69) is 20.2 Å². The normalized spacial score (nSPS) is 17.9. The number of hydrogen-bond acceptors (Lipinski definition) is 5. The third-order valence-electron chi connectivity index (χ3n) is 4.28. The molecule has 0 aliphatic carbocycles. The van der Waals surface area contributed by atoms with E-state index in [9.17, 15) is 4.79 Å². The monoisotopic (exact) mass is 333 g/mol. The van der Waals surface area contributed by atoms with E-state index < -0.39 is 0 Å². The molecule has 0 saturated carbocycles. The molecule has 1 saturated heterocycles. The van der Waals surface area contributed by atoms with Crippen molar-refractivity contribution < 1.29 is 4.79 Å². The summed E-state index contributed by atoms with van der Waals surface area (Å²) in [6, 6.07) is -0.190. The molecule has 2 aromatic rings. The summed E-state index contributed by atoms with van der Waals surface area (Å²) in [6.45, 7) is 8.37. The Morgan fingerprint density at radius 1 is 1.35 bits per heavy atom. The molecule has 0 bridgehead atoms. The minimum absolute atomic E-state index is 0.175. The van der Waals surface area contributed by atoms with Crippen molar-refractivity contribution in [3.63, 3.8) is 0 Å². The highest BCUT2D eigenvalue weighted by Crippen LogP contribution is 2.15. The van der Waals surface area contributed by atoms with E-state index in [-0.39, 0.29) is 11.9 Å².